The molecule has 1 amide bonds. The zero-order valence-electron chi connectivity index (χ0n) is 11.6. The zero-order chi connectivity index (χ0) is 13.4. The summed E-state index contributed by atoms with van der Waals surface area (Å²) in [6.45, 7) is 5.43. The molecule has 0 aromatic heterocycles. The van der Waals surface area contributed by atoms with Crippen molar-refractivity contribution in [2.45, 2.75) is 32.1 Å². The number of likely N-dealkylation sites (N-methyl/N-ethyl adjacent to an activating group) is 1. The zero-order valence-corrected chi connectivity index (χ0v) is 11.6. The molecule has 1 rings (SSSR count). The topological polar surface area (TPSA) is 41.1 Å². The molecule has 0 saturated heterocycles. The van der Waals surface area contributed by atoms with Crippen LogP contribution in [0, 0.1) is 0 Å². The summed E-state index contributed by atoms with van der Waals surface area (Å²) in [5.74, 6) is 0.0553. The van der Waals surface area contributed by atoms with Gasteiger partial charge < -0.3 is 10.6 Å². The Bertz CT molecular complexity index is 358. The van der Waals surface area contributed by atoms with Crippen LogP contribution in [0.3, 0.4) is 0 Å². The Labute approximate surface area is 110 Å². The summed E-state index contributed by atoms with van der Waals surface area (Å²) in [5.41, 5.74) is 1.35. The van der Waals surface area contributed by atoms with E-state index in [1.165, 1.54) is 5.56 Å². The number of benzene rings is 1. The fraction of sp³-hybridized carbons (Fsp3) is 0.533. The number of amides is 1. The van der Waals surface area contributed by atoms with Crippen LogP contribution in [-0.2, 0) is 10.2 Å². The highest BCUT2D eigenvalue weighted by atomic mass is 16.1. The van der Waals surface area contributed by atoms with Crippen LogP contribution in [0.4, 0.5) is 0 Å². The molecule has 0 saturated carbocycles. The van der Waals surface area contributed by atoms with Crippen molar-refractivity contribution in [1.82, 2.24) is 10.6 Å². The number of carbonyl (C=O) groups excluding carboxylic acids is 1. The molecule has 0 atom stereocenters. The van der Waals surface area contributed by atoms with Crippen molar-refractivity contribution >= 4 is 5.91 Å². The molecule has 1 aromatic carbocycles. The average molecular weight is 248 g/mol. The van der Waals surface area contributed by atoms with Crippen molar-refractivity contribution in [3.8, 4) is 0 Å². The average Bonchev–Trinajstić information content (AvgIpc) is 2.42. The molecule has 0 aliphatic carbocycles. The second-order valence-electron chi connectivity index (χ2n) is 4.66. The molecule has 18 heavy (non-hydrogen) atoms. The first-order valence-electron chi connectivity index (χ1n) is 6.65. The Morgan fingerprint density at radius 1 is 1.17 bits per heavy atom. The second kappa shape index (κ2) is 7.17. The van der Waals surface area contributed by atoms with E-state index in [0.717, 1.165) is 12.8 Å². The summed E-state index contributed by atoms with van der Waals surface area (Å²) < 4.78 is 0. The lowest BCUT2D eigenvalue weighted by atomic mass is 9.76. The van der Waals surface area contributed by atoms with Gasteiger partial charge in [0.1, 0.15) is 0 Å². The molecule has 2 N–H and O–H groups in total. The third-order valence-corrected chi connectivity index (χ3v) is 3.70. The third kappa shape index (κ3) is 3.57. The van der Waals surface area contributed by atoms with Crippen molar-refractivity contribution < 1.29 is 4.79 Å². The molecule has 0 radical (unpaired) electrons. The molecule has 0 unspecified atom stereocenters. The lowest BCUT2D eigenvalue weighted by Gasteiger charge is -2.32. The molecular weight excluding hydrogens is 224 g/mol. The minimum atomic E-state index is 0.0463. The molecule has 0 spiro atoms. The standard InChI is InChI=1S/C15H24N2O/c1-4-15(5-2,12-17-14(18)11-16-3)13-9-7-6-8-10-13/h6-10,16H,4-5,11-12H2,1-3H3,(H,17,18). The molecule has 0 bridgehead atoms. The van der Waals surface area contributed by atoms with Crippen LogP contribution in [0.5, 0.6) is 0 Å². The highest BCUT2D eigenvalue weighted by molar-refractivity contribution is 5.78. The van der Waals surface area contributed by atoms with Crippen LogP contribution in [0.1, 0.15) is 32.3 Å². The van der Waals surface area contributed by atoms with Gasteiger partial charge in [-0.1, -0.05) is 44.2 Å². The maximum atomic E-state index is 11.6. The van der Waals surface area contributed by atoms with E-state index >= 15 is 0 Å². The lowest BCUT2D eigenvalue weighted by Crippen LogP contribution is -2.42. The smallest absolute Gasteiger partial charge is 0.233 e. The summed E-state index contributed by atoms with van der Waals surface area (Å²) in [6, 6.07) is 10.4. The summed E-state index contributed by atoms with van der Waals surface area (Å²) in [4.78, 5) is 11.6. The number of nitrogens with one attached hydrogen (secondary N) is 2. The molecule has 0 aliphatic rings. The fourth-order valence-electron chi connectivity index (χ4n) is 2.29. The normalized spacial score (nSPS) is 11.3. The van der Waals surface area contributed by atoms with Gasteiger partial charge >= 0.3 is 0 Å². The van der Waals surface area contributed by atoms with Crippen molar-refractivity contribution in [2.75, 3.05) is 20.1 Å². The van der Waals surface area contributed by atoms with Gasteiger partial charge in [0.2, 0.25) is 5.91 Å². The van der Waals surface area contributed by atoms with E-state index in [4.69, 9.17) is 0 Å². The monoisotopic (exact) mass is 248 g/mol. The molecule has 3 heteroatoms. The number of rotatable bonds is 7. The number of carbonyl (C=O) groups is 1. The van der Waals surface area contributed by atoms with Gasteiger partial charge in [0.15, 0.2) is 0 Å². The Balaban J connectivity index is 2.78. The van der Waals surface area contributed by atoms with E-state index in [1.54, 1.807) is 7.05 Å². The summed E-state index contributed by atoms with van der Waals surface area (Å²) >= 11 is 0. The van der Waals surface area contributed by atoms with Crippen molar-refractivity contribution in [1.29, 1.82) is 0 Å². The highest BCUT2D eigenvalue weighted by Crippen LogP contribution is 2.30. The van der Waals surface area contributed by atoms with Gasteiger partial charge in [-0.25, -0.2) is 0 Å². The van der Waals surface area contributed by atoms with Crippen LogP contribution in [0.25, 0.3) is 0 Å². The van der Waals surface area contributed by atoms with E-state index in [1.807, 2.05) is 6.07 Å². The Kier molecular flexibility index (Phi) is 5.86. The Hall–Kier alpha value is -1.35. The number of hydrogen-bond donors (Lipinski definition) is 2. The van der Waals surface area contributed by atoms with Gasteiger partial charge in [-0.15, -0.1) is 0 Å². The Morgan fingerprint density at radius 2 is 1.78 bits per heavy atom. The largest absolute Gasteiger partial charge is 0.354 e. The maximum absolute atomic E-state index is 11.6. The first kappa shape index (κ1) is 14.7. The summed E-state index contributed by atoms with van der Waals surface area (Å²) in [6.07, 6.45) is 2.04. The number of hydrogen-bond acceptors (Lipinski definition) is 2. The second-order valence-corrected chi connectivity index (χ2v) is 4.66. The van der Waals surface area contributed by atoms with Gasteiger partial charge in [-0.05, 0) is 25.5 Å². The third-order valence-electron chi connectivity index (χ3n) is 3.70. The van der Waals surface area contributed by atoms with Gasteiger partial charge in [0.25, 0.3) is 0 Å². The predicted octanol–water partition coefficient (Wildman–Crippen LogP) is 2.08. The maximum Gasteiger partial charge on any atom is 0.233 e. The van der Waals surface area contributed by atoms with Gasteiger partial charge in [-0.3, -0.25) is 4.79 Å². The van der Waals surface area contributed by atoms with Crippen LogP contribution in [-0.4, -0.2) is 26.0 Å². The predicted molar refractivity (Wildman–Crippen MR) is 75.6 cm³/mol. The van der Waals surface area contributed by atoms with Crippen LogP contribution in [0.15, 0.2) is 30.3 Å². The van der Waals surface area contributed by atoms with Gasteiger partial charge in [0.05, 0.1) is 6.54 Å². The van der Waals surface area contributed by atoms with E-state index in [0.29, 0.717) is 13.1 Å². The molecule has 0 aliphatic heterocycles. The SMILES string of the molecule is CCC(CC)(CNC(=O)CNC)c1ccccc1. The van der Waals surface area contributed by atoms with E-state index in [9.17, 15) is 4.79 Å². The molecule has 0 heterocycles. The lowest BCUT2D eigenvalue weighted by molar-refractivity contribution is -0.120. The minimum absolute atomic E-state index is 0.0463. The van der Waals surface area contributed by atoms with E-state index in [2.05, 4.69) is 48.7 Å². The fourth-order valence-corrected chi connectivity index (χ4v) is 2.29. The van der Waals surface area contributed by atoms with Crippen LogP contribution in [0.2, 0.25) is 0 Å². The van der Waals surface area contributed by atoms with Crippen molar-refractivity contribution in [3.63, 3.8) is 0 Å². The first-order valence-corrected chi connectivity index (χ1v) is 6.65. The summed E-state index contributed by atoms with van der Waals surface area (Å²) in [5, 5.41) is 5.89. The van der Waals surface area contributed by atoms with Crippen LogP contribution < -0.4 is 10.6 Å². The molecule has 3 nitrogen and oxygen atoms in total. The molecule has 100 valence electrons. The minimum Gasteiger partial charge on any atom is -0.354 e. The van der Waals surface area contributed by atoms with E-state index in [-0.39, 0.29) is 11.3 Å². The van der Waals surface area contributed by atoms with Gasteiger partial charge in [0, 0.05) is 12.0 Å². The van der Waals surface area contributed by atoms with Crippen molar-refractivity contribution in [2.24, 2.45) is 0 Å². The van der Waals surface area contributed by atoms with Gasteiger partial charge in [-0.2, -0.15) is 0 Å². The highest BCUT2D eigenvalue weighted by Gasteiger charge is 2.28. The first-order chi connectivity index (χ1) is 8.68. The quantitative estimate of drug-likeness (QED) is 0.775. The Morgan fingerprint density at radius 3 is 2.28 bits per heavy atom. The molecular formula is C15H24N2O. The molecule has 0 fully saturated rings. The molecule has 1 aromatic rings. The van der Waals surface area contributed by atoms with Crippen LogP contribution >= 0.6 is 0 Å². The van der Waals surface area contributed by atoms with Crippen molar-refractivity contribution in [3.05, 3.63) is 35.9 Å². The summed E-state index contributed by atoms with van der Waals surface area (Å²) in [7, 11) is 1.78. The van der Waals surface area contributed by atoms with E-state index < -0.39 is 0 Å².